The third kappa shape index (κ3) is 4.51. The molecule has 1 aliphatic carbocycles. The average molecular weight is 467 g/mol. The summed E-state index contributed by atoms with van der Waals surface area (Å²) >= 11 is 1.28. The highest BCUT2D eigenvalue weighted by molar-refractivity contribution is 7.16. The van der Waals surface area contributed by atoms with Crippen molar-refractivity contribution in [2.75, 3.05) is 26.6 Å². The number of carbonyl (C=O) groups is 1. The molecule has 0 atom stereocenters. The van der Waals surface area contributed by atoms with Crippen LogP contribution in [-0.2, 0) is 16.0 Å². The van der Waals surface area contributed by atoms with Gasteiger partial charge in [0.25, 0.3) is 5.56 Å². The first-order valence-electron chi connectivity index (χ1n) is 10.1. The number of benzene rings is 1. The molecule has 0 amide bonds. The lowest BCUT2D eigenvalue weighted by Crippen LogP contribution is -2.17. The molecule has 0 aliphatic heterocycles. The second-order valence-corrected chi connectivity index (χ2v) is 8.10. The Balaban J connectivity index is 1.69. The van der Waals surface area contributed by atoms with Gasteiger partial charge in [0, 0.05) is 6.42 Å². The van der Waals surface area contributed by atoms with Gasteiger partial charge in [-0.25, -0.2) is 0 Å². The molecule has 0 unspecified atom stereocenters. The lowest BCUT2D eigenvalue weighted by molar-refractivity contribution is -0.114. The number of rotatable bonds is 7. The maximum Gasteiger partial charge on any atom is 0.283 e. The summed E-state index contributed by atoms with van der Waals surface area (Å²) in [6.07, 6.45) is 6.64. The molecule has 0 fully saturated rings. The van der Waals surface area contributed by atoms with Crippen LogP contribution in [0.2, 0.25) is 0 Å². The zero-order chi connectivity index (χ0) is 23.5. The highest BCUT2D eigenvalue weighted by Crippen LogP contribution is 2.29. The normalized spacial score (nSPS) is 14.6. The van der Waals surface area contributed by atoms with E-state index in [0.29, 0.717) is 35.1 Å². The summed E-state index contributed by atoms with van der Waals surface area (Å²) in [6, 6.07) is 5.62. The number of nitrogens with two attached hydrogens (primary N) is 1. The van der Waals surface area contributed by atoms with Crippen LogP contribution < -0.4 is 20.8 Å². The Morgan fingerprint density at radius 2 is 1.94 bits per heavy atom. The van der Waals surface area contributed by atoms with Gasteiger partial charge in [0.05, 0.1) is 26.4 Å². The fourth-order valence-electron chi connectivity index (χ4n) is 3.34. The van der Waals surface area contributed by atoms with Crippen molar-refractivity contribution in [1.29, 1.82) is 0 Å². The fraction of sp³-hybridized carbons (Fsp3) is 0.217. The van der Waals surface area contributed by atoms with Crippen LogP contribution in [0.1, 0.15) is 23.1 Å². The number of hydrogen-bond donors (Lipinski definition) is 1. The van der Waals surface area contributed by atoms with Crippen molar-refractivity contribution in [2.45, 2.75) is 13.3 Å². The third-order valence-corrected chi connectivity index (χ3v) is 5.82. The van der Waals surface area contributed by atoms with Crippen molar-refractivity contribution in [3.63, 3.8) is 0 Å². The third-order valence-electron chi connectivity index (χ3n) is 4.92. The van der Waals surface area contributed by atoms with E-state index in [1.54, 1.807) is 39.4 Å². The zero-order valence-electron chi connectivity index (χ0n) is 18.3. The van der Waals surface area contributed by atoms with Gasteiger partial charge in [-0.05, 0) is 48.4 Å². The molecule has 0 spiro atoms. The summed E-state index contributed by atoms with van der Waals surface area (Å²) in [5, 5.41) is 5.28. The van der Waals surface area contributed by atoms with Crippen LogP contribution in [0.3, 0.4) is 0 Å². The van der Waals surface area contributed by atoms with Gasteiger partial charge in [-0.1, -0.05) is 23.5 Å². The number of ketones is 1. The van der Waals surface area contributed by atoms with E-state index in [-0.39, 0.29) is 22.9 Å². The Morgan fingerprint density at radius 1 is 1.15 bits per heavy atom. The first-order valence-corrected chi connectivity index (χ1v) is 10.9. The number of ether oxygens (including phenoxy) is 3. The Labute approximate surface area is 193 Å². The number of anilines is 1. The molecule has 0 bridgehead atoms. The van der Waals surface area contributed by atoms with Crippen LogP contribution in [0.15, 0.2) is 52.6 Å². The number of allylic oxidation sites excluding steroid dienone is 4. The number of carbonyl (C=O) groups excluding carboxylic acids is 1. The van der Waals surface area contributed by atoms with Gasteiger partial charge in [0.15, 0.2) is 17.3 Å². The molecule has 2 heterocycles. The summed E-state index contributed by atoms with van der Waals surface area (Å²) < 4.78 is 17.4. The van der Waals surface area contributed by atoms with E-state index < -0.39 is 5.56 Å². The molecule has 9 nitrogen and oxygen atoms in total. The van der Waals surface area contributed by atoms with Crippen LogP contribution in [0.5, 0.6) is 11.5 Å². The molecule has 1 aliphatic rings. The van der Waals surface area contributed by atoms with Crippen molar-refractivity contribution >= 4 is 34.0 Å². The molecule has 0 saturated heterocycles. The number of fused-ring (bicyclic) bond motifs is 1. The van der Waals surface area contributed by atoms with E-state index in [1.165, 1.54) is 21.9 Å². The SMILES string of the molecule is CCOC1=CC(=Cc2c(N)n3nc(Cc4ccc(OC)c(OC)c4)sc3nc2=O)C=CC1=O. The molecule has 1 aromatic carbocycles. The van der Waals surface area contributed by atoms with Crippen LogP contribution in [0, 0.1) is 0 Å². The highest BCUT2D eigenvalue weighted by Gasteiger charge is 2.17. The summed E-state index contributed by atoms with van der Waals surface area (Å²) in [7, 11) is 3.16. The summed E-state index contributed by atoms with van der Waals surface area (Å²) in [5.41, 5.74) is 7.57. The van der Waals surface area contributed by atoms with Crippen molar-refractivity contribution in [1.82, 2.24) is 14.6 Å². The van der Waals surface area contributed by atoms with Gasteiger partial charge < -0.3 is 19.9 Å². The monoisotopic (exact) mass is 466 g/mol. The lowest BCUT2D eigenvalue weighted by atomic mass is 10.0. The first-order chi connectivity index (χ1) is 15.9. The largest absolute Gasteiger partial charge is 0.493 e. The Bertz CT molecular complexity index is 1380. The summed E-state index contributed by atoms with van der Waals surface area (Å²) in [5.74, 6) is 1.41. The summed E-state index contributed by atoms with van der Waals surface area (Å²) in [4.78, 5) is 29.1. The molecule has 170 valence electrons. The molecule has 10 heteroatoms. The number of nitrogens with zero attached hydrogens (tertiary/aromatic N) is 3. The smallest absolute Gasteiger partial charge is 0.283 e. The molecule has 33 heavy (non-hydrogen) atoms. The average Bonchev–Trinajstić information content (AvgIpc) is 3.21. The summed E-state index contributed by atoms with van der Waals surface area (Å²) in [6.45, 7) is 2.15. The van der Waals surface area contributed by atoms with Crippen LogP contribution in [0.4, 0.5) is 5.82 Å². The first kappa shape index (κ1) is 22.3. The lowest BCUT2D eigenvalue weighted by Gasteiger charge is -2.10. The van der Waals surface area contributed by atoms with Gasteiger partial charge in [-0.3, -0.25) is 9.59 Å². The number of nitrogen functional groups attached to an aromatic ring is 1. The maximum atomic E-state index is 12.7. The van der Waals surface area contributed by atoms with Gasteiger partial charge in [0.2, 0.25) is 10.7 Å². The standard InChI is InChI=1S/C23H22N4O5S/c1-4-32-18-10-13(5-7-16(18)28)9-15-21(24)27-23(25-22(15)29)33-20(26-27)12-14-6-8-17(30-2)19(11-14)31-3/h5-11H,4,12,24H2,1-3H3. The molecular formula is C23H22N4O5S. The Kier molecular flexibility index (Phi) is 6.27. The molecular weight excluding hydrogens is 444 g/mol. The second-order valence-electron chi connectivity index (χ2n) is 7.06. The molecule has 0 saturated carbocycles. The van der Waals surface area contributed by atoms with E-state index in [2.05, 4.69) is 10.1 Å². The molecule has 4 rings (SSSR count). The van der Waals surface area contributed by atoms with Gasteiger partial charge in [-0.2, -0.15) is 14.6 Å². The Morgan fingerprint density at radius 3 is 2.67 bits per heavy atom. The van der Waals surface area contributed by atoms with Gasteiger partial charge >= 0.3 is 0 Å². The van der Waals surface area contributed by atoms with Crippen molar-refractivity contribution in [2.24, 2.45) is 0 Å². The van der Waals surface area contributed by atoms with Crippen molar-refractivity contribution in [3.8, 4) is 11.5 Å². The maximum absolute atomic E-state index is 12.7. The van der Waals surface area contributed by atoms with Crippen LogP contribution in [0.25, 0.3) is 11.0 Å². The van der Waals surface area contributed by atoms with Gasteiger partial charge in [-0.15, -0.1) is 0 Å². The topological polar surface area (TPSA) is 118 Å². The molecule has 2 N–H and O–H groups in total. The minimum atomic E-state index is -0.474. The fourth-order valence-corrected chi connectivity index (χ4v) is 4.27. The van der Waals surface area contributed by atoms with Crippen molar-refractivity contribution in [3.05, 3.63) is 74.2 Å². The minimum Gasteiger partial charge on any atom is -0.493 e. The molecule has 3 aromatic rings. The van der Waals surface area contributed by atoms with Gasteiger partial charge in [0.1, 0.15) is 10.8 Å². The predicted octanol–water partition coefficient (Wildman–Crippen LogP) is 2.78. The molecule has 0 radical (unpaired) electrons. The Hall–Kier alpha value is -3.92. The predicted molar refractivity (Wildman–Crippen MR) is 126 cm³/mol. The van der Waals surface area contributed by atoms with E-state index in [0.717, 1.165) is 10.6 Å². The number of aromatic nitrogens is 3. The van der Waals surface area contributed by atoms with Crippen LogP contribution in [-0.4, -0.2) is 41.2 Å². The number of hydrogen-bond acceptors (Lipinski definition) is 9. The number of methoxy groups -OCH3 is 2. The quantitative estimate of drug-likeness (QED) is 0.565. The highest BCUT2D eigenvalue weighted by atomic mass is 32.1. The van der Waals surface area contributed by atoms with E-state index in [1.807, 2.05) is 18.2 Å². The van der Waals surface area contributed by atoms with Crippen molar-refractivity contribution < 1.29 is 19.0 Å². The minimum absolute atomic E-state index is 0.170. The van der Waals surface area contributed by atoms with E-state index in [9.17, 15) is 9.59 Å². The van der Waals surface area contributed by atoms with E-state index in [4.69, 9.17) is 19.9 Å². The second kappa shape index (κ2) is 9.29. The zero-order valence-corrected chi connectivity index (χ0v) is 19.1. The van der Waals surface area contributed by atoms with Crippen LogP contribution >= 0.6 is 11.3 Å². The van der Waals surface area contributed by atoms with E-state index >= 15 is 0 Å². The molecule has 2 aromatic heterocycles.